The third-order valence-corrected chi connectivity index (χ3v) is 6.03. The molecule has 4 rings (SSSR count). The van der Waals surface area contributed by atoms with Gasteiger partial charge in [0.2, 0.25) is 5.91 Å². The van der Waals surface area contributed by atoms with Gasteiger partial charge in [0.25, 0.3) is 5.91 Å². The molecule has 0 radical (unpaired) electrons. The van der Waals surface area contributed by atoms with Crippen molar-refractivity contribution >= 4 is 28.9 Å². The van der Waals surface area contributed by atoms with Crippen LogP contribution in [0.25, 0.3) is 0 Å². The number of rotatable bonds is 7. The molecule has 1 aliphatic heterocycles. The van der Waals surface area contributed by atoms with Crippen LogP contribution < -0.4 is 20.3 Å². The summed E-state index contributed by atoms with van der Waals surface area (Å²) in [4.78, 5) is 29.4. The fourth-order valence-corrected chi connectivity index (χ4v) is 3.97. The summed E-state index contributed by atoms with van der Waals surface area (Å²) in [7, 11) is 1.66. The van der Waals surface area contributed by atoms with Gasteiger partial charge in [-0.05, 0) is 61.0 Å². The van der Waals surface area contributed by atoms with E-state index in [1.165, 1.54) is 0 Å². The summed E-state index contributed by atoms with van der Waals surface area (Å²) in [5, 5.41) is 6.17. The summed E-state index contributed by atoms with van der Waals surface area (Å²) in [6.45, 7) is 5.12. The summed E-state index contributed by atoms with van der Waals surface area (Å²) < 4.78 is 5.22. The van der Waals surface area contributed by atoms with Gasteiger partial charge >= 0.3 is 0 Å². The molecular weight excluding hydrogens is 428 g/mol. The van der Waals surface area contributed by atoms with Crippen molar-refractivity contribution in [2.45, 2.75) is 6.92 Å². The van der Waals surface area contributed by atoms with Gasteiger partial charge in [0.15, 0.2) is 0 Å². The van der Waals surface area contributed by atoms with Crippen LogP contribution in [0.3, 0.4) is 0 Å². The maximum absolute atomic E-state index is 12.8. The van der Waals surface area contributed by atoms with E-state index in [4.69, 9.17) is 4.74 Å². The number of benzene rings is 3. The zero-order valence-electron chi connectivity index (χ0n) is 19.6. The number of carbonyl (C=O) groups is 2. The first kappa shape index (κ1) is 23.2. The zero-order valence-corrected chi connectivity index (χ0v) is 19.6. The van der Waals surface area contributed by atoms with Gasteiger partial charge in [-0.1, -0.05) is 24.3 Å². The Morgan fingerprint density at radius 2 is 1.62 bits per heavy atom. The molecule has 3 aromatic rings. The number of methoxy groups -OCH3 is 1. The summed E-state index contributed by atoms with van der Waals surface area (Å²) >= 11 is 0. The first-order valence-electron chi connectivity index (χ1n) is 11.4. The van der Waals surface area contributed by atoms with Crippen LogP contribution >= 0.6 is 0 Å². The Kier molecular flexibility index (Phi) is 7.32. The Labute approximate surface area is 200 Å². The van der Waals surface area contributed by atoms with Crippen LogP contribution in [0.2, 0.25) is 0 Å². The molecule has 1 heterocycles. The van der Waals surface area contributed by atoms with E-state index in [1.54, 1.807) is 19.2 Å². The van der Waals surface area contributed by atoms with Gasteiger partial charge in [-0.15, -0.1) is 0 Å². The highest BCUT2D eigenvalue weighted by atomic mass is 16.5. The van der Waals surface area contributed by atoms with Crippen molar-refractivity contribution in [2.24, 2.45) is 0 Å². The number of ether oxygens (including phenoxy) is 1. The van der Waals surface area contributed by atoms with E-state index in [0.717, 1.165) is 35.8 Å². The Bertz CT molecular complexity index is 1120. The third-order valence-electron chi connectivity index (χ3n) is 6.03. The van der Waals surface area contributed by atoms with E-state index in [1.807, 2.05) is 72.5 Å². The van der Waals surface area contributed by atoms with Crippen LogP contribution in [0.4, 0.5) is 17.1 Å². The predicted octanol–water partition coefficient (Wildman–Crippen LogP) is 4.02. The standard InChI is InChI=1S/C27H30N4O3/c1-20-8-9-22(29-27(33)21-6-4-3-5-7-21)18-25(20)28-19-26(32)31-16-14-30(15-17-31)23-10-12-24(34-2)13-11-23/h3-13,18,28H,14-17,19H2,1-2H3,(H,29,33). The highest BCUT2D eigenvalue weighted by Crippen LogP contribution is 2.22. The smallest absolute Gasteiger partial charge is 0.255 e. The van der Waals surface area contributed by atoms with E-state index >= 15 is 0 Å². The summed E-state index contributed by atoms with van der Waals surface area (Å²) in [6.07, 6.45) is 0. The second-order valence-electron chi connectivity index (χ2n) is 8.27. The second-order valence-corrected chi connectivity index (χ2v) is 8.27. The summed E-state index contributed by atoms with van der Waals surface area (Å²) in [6, 6.07) is 22.7. The number of amides is 2. The monoisotopic (exact) mass is 458 g/mol. The maximum Gasteiger partial charge on any atom is 0.255 e. The molecule has 2 amide bonds. The molecule has 1 aliphatic rings. The van der Waals surface area contributed by atoms with E-state index in [2.05, 4.69) is 15.5 Å². The SMILES string of the molecule is COc1ccc(N2CCN(C(=O)CNc3cc(NC(=O)c4ccccc4)ccc3C)CC2)cc1. The van der Waals surface area contributed by atoms with Crippen molar-refractivity contribution in [3.05, 3.63) is 83.9 Å². The van der Waals surface area contributed by atoms with Crippen LogP contribution in [0, 0.1) is 6.92 Å². The van der Waals surface area contributed by atoms with Crippen LogP contribution in [0.1, 0.15) is 15.9 Å². The lowest BCUT2D eigenvalue weighted by molar-refractivity contribution is -0.129. The van der Waals surface area contributed by atoms with Gasteiger partial charge in [0.05, 0.1) is 13.7 Å². The molecule has 0 bridgehead atoms. The molecule has 7 nitrogen and oxygen atoms in total. The van der Waals surface area contributed by atoms with Crippen molar-refractivity contribution in [2.75, 3.05) is 55.4 Å². The normalized spacial score (nSPS) is 13.4. The third kappa shape index (κ3) is 5.67. The topological polar surface area (TPSA) is 73.9 Å². The van der Waals surface area contributed by atoms with Crippen LogP contribution in [0.15, 0.2) is 72.8 Å². The number of piperazine rings is 1. The van der Waals surface area contributed by atoms with Gasteiger partial charge in [-0.2, -0.15) is 0 Å². The lowest BCUT2D eigenvalue weighted by Gasteiger charge is -2.36. The van der Waals surface area contributed by atoms with Crippen LogP contribution in [-0.2, 0) is 4.79 Å². The molecule has 0 aliphatic carbocycles. The minimum absolute atomic E-state index is 0.0625. The summed E-state index contributed by atoms with van der Waals surface area (Å²) in [5.41, 5.74) is 4.26. The molecule has 3 aromatic carbocycles. The number of hydrogen-bond acceptors (Lipinski definition) is 5. The van der Waals surface area contributed by atoms with Gasteiger partial charge in [0.1, 0.15) is 5.75 Å². The highest BCUT2D eigenvalue weighted by Gasteiger charge is 2.21. The van der Waals surface area contributed by atoms with E-state index in [-0.39, 0.29) is 18.4 Å². The molecule has 34 heavy (non-hydrogen) atoms. The fourth-order valence-electron chi connectivity index (χ4n) is 3.97. The Balaban J connectivity index is 1.29. The number of aryl methyl sites for hydroxylation is 1. The number of nitrogens with zero attached hydrogens (tertiary/aromatic N) is 2. The lowest BCUT2D eigenvalue weighted by atomic mass is 10.1. The number of hydrogen-bond donors (Lipinski definition) is 2. The second kappa shape index (κ2) is 10.7. The zero-order chi connectivity index (χ0) is 23.9. The first-order valence-corrected chi connectivity index (χ1v) is 11.4. The minimum Gasteiger partial charge on any atom is -0.497 e. The number of carbonyl (C=O) groups excluding carboxylic acids is 2. The molecule has 1 fully saturated rings. The van der Waals surface area contributed by atoms with Gasteiger partial charge in [0, 0.05) is 48.8 Å². The average Bonchev–Trinajstić information content (AvgIpc) is 2.89. The van der Waals surface area contributed by atoms with Crippen molar-refractivity contribution < 1.29 is 14.3 Å². The Morgan fingerprint density at radius 1 is 0.912 bits per heavy atom. The van der Waals surface area contributed by atoms with Gasteiger partial charge in [-0.25, -0.2) is 0 Å². The number of nitrogens with one attached hydrogen (secondary N) is 2. The molecular formula is C27H30N4O3. The first-order chi connectivity index (χ1) is 16.5. The van der Waals surface area contributed by atoms with Crippen molar-refractivity contribution in [3.8, 4) is 5.75 Å². The van der Waals surface area contributed by atoms with Gasteiger partial charge in [-0.3, -0.25) is 9.59 Å². The average molecular weight is 459 g/mol. The molecule has 0 aromatic heterocycles. The van der Waals surface area contributed by atoms with Gasteiger partial charge < -0.3 is 25.2 Å². The van der Waals surface area contributed by atoms with E-state index in [9.17, 15) is 9.59 Å². The quantitative estimate of drug-likeness (QED) is 0.560. The predicted molar refractivity (Wildman–Crippen MR) is 136 cm³/mol. The molecule has 176 valence electrons. The Morgan fingerprint density at radius 3 is 2.29 bits per heavy atom. The van der Waals surface area contributed by atoms with Crippen molar-refractivity contribution in [1.82, 2.24) is 4.90 Å². The lowest BCUT2D eigenvalue weighted by Crippen LogP contribution is -2.50. The van der Waals surface area contributed by atoms with Crippen LogP contribution in [-0.4, -0.2) is 56.5 Å². The molecule has 0 unspecified atom stereocenters. The summed E-state index contributed by atoms with van der Waals surface area (Å²) in [5.74, 6) is 0.733. The van der Waals surface area contributed by atoms with E-state index in [0.29, 0.717) is 24.3 Å². The molecule has 0 atom stereocenters. The fraction of sp³-hybridized carbons (Fsp3) is 0.259. The minimum atomic E-state index is -0.166. The van der Waals surface area contributed by atoms with E-state index < -0.39 is 0 Å². The Hall–Kier alpha value is -4.00. The molecule has 2 N–H and O–H groups in total. The molecule has 0 spiro atoms. The van der Waals surface area contributed by atoms with Crippen molar-refractivity contribution in [3.63, 3.8) is 0 Å². The van der Waals surface area contributed by atoms with Crippen molar-refractivity contribution in [1.29, 1.82) is 0 Å². The van der Waals surface area contributed by atoms with Crippen LogP contribution in [0.5, 0.6) is 5.75 Å². The number of anilines is 3. The highest BCUT2D eigenvalue weighted by molar-refractivity contribution is 6.04. The molecule has 1 saturated heterocycles. The largest absolute Gasteiger partial charge is 0.497 e. The molecule has 0 saturated carbocycles. The molecule has 7 heteroatoms. The maximum atomic E-state index is 12.8.